The summed E-state index contributed by atoms with van der Waals surface area (Å²) in [5.74, 6) is -1.87. The van der Waals surface area contributed by atoms with E-state index in [1.807, 2.05) is 0 Å². The number of rotatable bonds is 3. The molecule has 3 aromatic rings. The van der Waals surface area contributed by atoms with Gasteiger partial charge in [0.2, 0.25) is 5.91 Å². The third kappa shape index (κ3) is 2.97. The molecule has 0 spiro atoms. The summed E-state index contributed by atoms with van der Waals surface area (Å²) in [6, 6.07) is -4.43. The largest absolute Gasteiger partial charge is 0.348 e. The maximum absolute atomic E-state index is 13.3. The Morgan fingerprint density at radius 2 is 2.00 bits per heavy atom. The summed E-state index contributed by atoms with van der Waals surface area (Å²) in [5.41, 5.74) is -4.03. The number of imidazole rings is 1. The van der Waals surface area contributed by atoms with E-state index >= 15 is 0 Å². The highest BCUT2D eigenvalue weighted by atomic mass is 16.2. The highest BCUT2D eigenvalue weighted by Gasteiger charge is 2.18. The average Bonchev–Trinajstić information content (AvgIpc) is 3.17. The normalized spacial score (nSPS) is 24.7. The maximum atomic E-state index is 13.3. The molecule has 4 nitrogen and oxygen atoms in total. The van der Waals surface area contributed by atoms with E-state index in [2.05, 4.69) is 4.98 Å². The minimum Gasteiger partial charge on any atom is -0.348 e. The van der Waals surface area contributed by atoms with Gasteiger partial charge in [0.25, 0.3) is 0 Å². The lowest BCUT2D eigenvalue weighted by atomic mass is 10.1. The molecule has 0 bridgehead atoms. The molecule has 3 rings (SSSR count). The molecule has 0 saturated carbocycles. The molecule has 0 aliphatic rings. The van der Waals surface area contributed by atoms with Gasteiger partial charge in [0, 0.05) is 39.4 Å². The van der Waals surface area contributed by atoms with Crippen LogP contribution in [0.15, 0.2) is 42.4 Å². The molecule has 1 atom stereocenters. The van der Waals surface area contributed by atoms with Crippen LogP contribution in [0.3, 0.4) is 0 Å². The van der Waals surface area contributed by atoms with Crippen molar-refractivity contribution in [1.29, 1.82) is 0 Å². The predicted octanol–water partition coefficient (Wildman–Crippen LogP) is 3.25. The number of carbonyl (C=O) groups excluding carboxylic acids is 1. The van der Waals surface area contributed by atoms with Crippen LogP contribution in [0.4, 0.5) is 0 Å². The van der Waals surface area contributed by atoms with Gasteiger partial charge in [-0.3, -0.25) is 4.79 Å². The Balaban J connectivity index is 2.61. The van der Waals surface area contributed by atoms with Crippen molar-refractivity contribution in [2.24, 2.45) is 0 Å². The molecule has 0 aliphatic carbocycles. The van der Waals surface area contributed by atoms with E-state index in [9.17, 15) is 4.79 Å². The summed E-state index contributed by atoms with van der Waals surface area (Å²) in [7, 11) is 0. The SMILES string of the molecule is [2H]c1c([2H])c(-c2nc3c([2H])c([2H])c(C([2H])([2H])[2H])c([2H])n3c2C([2H])C(=O)N(C([2H])([2H])[2H])C([2H])([2H])[2H])c([2H])c([2H])c1C. The molecular weight excluding hydrogens is 286 g/mol. The number of aromatic nitrogens is 2. The van der Waals surface area contributed by atoms with E-state index < -0.39 is 109 Å². The van der Waals surface area contributed by atoms with Crippen molar-refractivity contribution in [3.05, 3.63) is 59.2 Å². The molecule has 1 aromatic carbocycles. The molecule has 118 valence electrons. The quantitative estimate of drug-likeness (QED) is 0.742. The zero-order valence-corrected chi connectivity index (χ0v) is 11.8. The van der Waals surface area contributed by atoms with Crippen LogP contribution in [-0.2, 0) is 11.2 Å². The summed E-state index contributed by atoms with van der Waals surface area (Å²) < 4.78 is 136. The molecule has 0 radical (unpaired) electrons. The van der Waals surface area contributed by atoms with Crippen molar-refractivity contribution in [2.45, 2.75) is 20.2 Å². The number of hydrogen-bond acceptors (Lipinski definition) is 2. The lowest BCUT2D eigenvalue weighted by Gasteiger charge is -2.11. The van der Waals surface area contributed by atoms with E-state index in [0.717, 1.165) is 0 Å². The van der Waals surface area contributed by atoms with Crippen LogP contribution in [0, 0.1) is 13.8 Å². The van der Waals surface area contributed by atoms with Crippen LogP contribution in [0.1, 0.15) is 40.1 Å². The zero-order valence-electron chi connectivity index (χ0n) is 28.8. The minimum atomic E-state index is -3.60. The van der Waals surface area contributed by atoms with Gasteiger partial charge in [-0.1, -0.05) is 35.8 Å². The standard InChI is InChI=1S/C19H21N3O/c1-13-5-8-15(9-6-13)19-16(11-18(23)21(3)4)22-12-14(2)7-10-17(22)20-19/h5-10,12H,11H2,1-4H3/i2D3,3D3,4D3,5D,6D,7D,8D,9D,10D,11D,12D. The number of nitrogens with zero attached hydrogens (tertiary/aromatic N) is 3. The van der Waals surface area contributed by atoms with Crippen molar-refractivity contribution >= 4 is 11.6 Å². The second-order valence-electron chi connectivity index (χ2n) is 4.56. The van der Waals surface area contributed by atoms with Crippen LogP contribution < -0.4 is 0 Å². The molecule has 4 heteroatoms. The summed E-state index contributed by atoms with van der Waals surface area (Å²) in [5, 5.41) is 0. The van der Waals surface area contributed by atoms with Crippen LogP contribution in [0.5, 0.6) is 0 Å². The van der Waals surface area contributed by atoms with Gasteiger partial charge in [-0.15, -0.1) is 0 Å². The first-order valence-electron chi connectivity index (χ1n) is 14.9. The molecule has 2 aromatic heterocycles. The number of fused-ring (bicyclic) bond motifs is 1. The summed E-state index contributed by atoms with van der Waals surface area (Å²) in [4.78, 5) is 16.8. The fourth-order valence-corrected chi connectivity index (χ4v) is 1.88. The maximum Gasteiger partial charge on any atom is 0.228 e. The lowest BCUT2D eigenvalue weighted by molar-refractivity contribution is -0.128. The number of hydrogen-bond donors (Lipinski definition) is 0. The average molecular weight is 325 g/mol. The van der Waals surface area contributed by atoms with E-state index in [1.165, 1.54) is 6.92 Å². The highest BCUT2D eigenvalue weighted by molar-refractivity contribution is 5.81. The molecule has 1 amide bonds. The number of pyridine rings is 1. The highest BCUT2D eigenvalue weighted by Crippen LogP contribution is 2.26. The van der Waals surface area contributed by atoms with Gasteiger partial charge in [-0.2, -0.15) is 0 Å². The van der Waals surface area contributed by atoms with Crippen LogP contribution in [0.25, 0.3) is 16.9 Å². The molecule has 0 saturated heterocycles. The number of amides is 1. The van der Waals surface area contributed by atoms with Crippen LogP contribution in [0.2, 0.25) is 0 Å². The first-order chi connectivity index (χ1) is 18.0. The molecule has 2 heterocycles. The van der Waals surface area contributed by atoms with Gasteiger partial charge in [-0.05, 0) is 25.4 Å². The Morgan fingerprint density at radius 3 is 2.70 bits per heavy atom. The van der Waals surface area contributed by atoms with Crippen LogP contribution >= 0.6 is 0 Å². The Bertz CT molecular complexity index is 1490. The number of carbonyl (C=O) groups is 1. The van der Waals surface area contributed by atoms with E-state index in [0.29, 0.717) is 4.40 Å². The summed E-state index contributed by atoms with van der Waals surface area (Å²) in [6.45, 7) is -9.08. The zero-order chi connectivity index (χ0) is 31.0. The van der Waals surface area contributed by atoms with Crippen LogP contribution in [-0.4, -0.2) is 34.1 Å². The van der Waals surface area contributed by atoms with E-state index in [-0.39, 0.29) is 5.56 Å². The summed E-state index contributed by atoms with van der Waals surface area (Å²) >= 11 is 0. The number of likely N-dealkylation sites (N-methyl/N-ethyl adjacent to an activating group) is 1. The Hall–Kier alpha value is -2.62. The first-order valence-corrected chi connectivity index (χ1v) is 6.32. The third-order valence-electron chi connectivity index (χ3n) is 2.90. The van der Waals surface area contributed by atoms with Gasteiger partial charge < -0.3 is 9.30 Å². The van der Waals surface area contributed by atoms with Crippen molar-refractivity contribution in [3.8, 4) is 11.3 Å². The molecule has 1 unspecified atom stereocenters. The fraction of sp³-hybridized carbons (Fsp3) is 0.263. The second-order valence-corrected chi connectivity index (χ2v) is 4.56. The molecule has 0 aliphatic heterocycles. The smallest absolute Gasteiger partial charge is 0.228 e. The van der Waals surface area contributed by atoms with Gasteiger partial charge in [0.1, 0.15) is 5.65 Å². The Labute approximate surface area is 160 Å². The molecular formula is C19H21N3O. The van der Waals surface area contributed by atoms with Gasteiger partial charge in [0.15, 0.2) is 0 Å². The number of benzene rings is 1. The topological polar surface area (TPSA) is 37.6 Å². The van der Waals surface area contributed by atoms with E-state index in [4.69, 9.17) is 23.3 Å². The second kappa shape index (κ2) is 5.88. The van der Waals surface area contributed by atoms with E-state index in [1.54, 1.807) is 0 Å². The summed E-state index contributed by atoms with van der Waals surface area (Å²) in [6.07, 6.45) is -3.66. The fourth-order valence-electron chi connectivity index (χ4n) is 1.88. The predicted molar refractivity (Wildman–Crippen MR) is 92.5 cm³/mol. The first kappa shape index (κ1) is 4.94. The van der Waals surface area contributed by atoms with Gasteiger partial charge >= 0.3 is 0 Å². The monoisotopic (exact) mass is 324 g/mol. The Kier molecular flexibility index (Phi) is 1.26. The minimum absolute atomic E-state index is 0.0842. The van der Waals surface area contributed by atoms with Gasteiger partial charge in [0.05, 0.1) is 27.4 Å². The molecule has 0 N–H and O–H groups in total. The van der Waals surface area contributed by atoms with Gasteiger partial charge in [-0.25, -0.2) is 4.98 Å². The lowest BCUT2D eigenvalue weighted by Crippen LogP contribution is -2.24. The third-order valence-corrected chi connectivity index (χ3v) is 2.90. The molecule has 23 heavy (non-hydrogen) atoms. The van der Waals surface area contributed by atoms with Crippen molar-refractivity contribution in [3.63, 3.8) is 0 Å². The van der Waals surface area contributed by atoms with Crippen molar-refractivity contribution in [1.82, 2.24) is 14.3 Å². The Morgan fingerprint density at radius 1 is 1.26 bits per heavy atom. The van der Waals surface area contributed by atoms with Crippen molar-refractivity contribution < 1.29 is 28.1 Å². The molecule has 0 fully saturated rings. The van der Waals surface area contributed by atoms with Crippen molar-refractivity contribution in [2.75, 3.05) is 14.0 Å².